The van der Waals surface area contributed by atoms with Gasteiger partial charge in [-0.2, -0.15) is 4.31 Å². The van der Waals surface area contributed by atoms with Crippen LogP contribution >= 0.6 is 0 Å². The number of ketones is 2. The fraction of sp³-hybridized carbons (Fsp3) is 0.360. The van der Waals surface area contributed by atoms with Gasteiger partial charge >= 0.3 is 0 Å². The molecule has 9 heteroatoms. The van der Waals surface area contributed by atoms with Crippen molar-refractivity contribution in [3.05, 3.63) is 70.3 Å². The van der Waals surface area contributed by atoms with E-state index < -0.39 is 15.8 Å². The number of carbonyl (C=O) groups is 2. The zero-order valence-corrected chi connectivity index (χ0v) is 19.9. The van der Waals surface area contributed by atoms with Crippen molar-refractivity contribution in [3.63, 3.8) is 0 Å². The molecule has 0 N–H and O–H groups in total. The zero-order chi connectivity index (χ0) is 23.9. The molecule has 2 heterocycles. The zero-order valence-electron chi connectivity index (χ0n) is 19.1. The summed E-state index contributed by atoms with van der Waals surface area (Å²) in [6.45, 7) is 2.57. The van der Waals surface area contributed by atoms with Gasteiger partial charge < -0.3 is 14.5 Å². The van der Waals surface area contributed by atoms with E-state index in [4.69, 9.17) is 4.74 Å². The number of nitrogens with zero attached hydrogens (tertiary/aromatic N) is 3. The number of hydrogen-bond donors (Lipinski definition) is 0. The van der Waals surface area contributed by atoms with Crippen molar-refractivity contribution in [1.29, 1.82) is 0 Å². The van der Waals surface area contributed by atoms with Crippen LogP contribution < -0.4 is 9.64 Å². The highest BCUT2D eigenvalue weighted by atomic mass is 32.2. The molecule has 2 aliphatic heterocycles. The highest BCUT2D eigenvalue weighted by molar-refractivity contribution is 7.94. The Morgan fingerprint density at radius 3 is 1.91 bits per heavy atom. The number of benzene rings is 2. The molecule has 0 bridgehead atoms. The Morgan fingerprint density at radius 1 is 0.735 bits per heavy atom. The number of fused-ring (bicyclic) bond motifs is 1. The summed E-state index contributed by atoms with van der Waals surface area (Å²) in [6, 6.07) is 14.1. The molecule has 0 aromatic heterocycles. The lowest BCUT2D eigenvalue weighted by molar-refractivity contribution is 0.0952. The molecule has 0 spiro atoms. The third kappa shape index (κ3) is 3.78. The maximum absolute atomic E-state index is 13.8. The van der Waals surface area contributed by atoms with Gasteiger partial charge in [-0.1, -0.05) is 24.3 Å². The number of methoxy groups -OCH3 is 1. The van der Waals surface area contributed by atoms with Crippen molar-refractivity contribution in [1.82, 2.24) is 9.21 Å². The van der Waals surface area contributed by atoms with Crippen LogP contribution in [0, 0.1) is 0 Å². The summed E-state index contributed by atoms with van der Waals surface area (Å²) in [6.07, 6.45) is 1.72. The van der Waals surface area contributed by atoms with Crippen LogP contribution in [0.15, 0.2) is 59.1 Å². The third-order valence-electron chi connectivity index (χ3n) is 6.75. The molecule has 2 fully saturated rings. The van der Waals surface area contributed by atoms with Crippen molar-refractivity contribution >= 4 is 27.3 Å². The largest absolute Gasteiger partial charge is 0.497 e. The van der Waals surface area contributed by atoms with Gasteiger partial charge in [-0.05, 0) is 37.1 Å². The second-order valence-corrected chi connectivity index (χ2v) is 10.5. The number of Topliss-reactive ketones (excluding diaryl/α,β-unsaturated/α-hetero) is 2. The minimum atomic E-state index is -4.16. The molecule has 1 aliphatic carbocycles. The topological polar surface area (TPSA) is 87.2 Å². The van der Waals surface area contributed by atoms with Gasteiger partial charge in [-0.3, -0.25) is 9.59 Å². The summed E-state index contributed by atoms with van der Waals surface area (Å²) < 4.78 is 34.2. The van der Waals surface area contributed by atoms with Gasteiger partial charge in [-0.25, -0.2) is 8.42 Å². The molecule has 0 saturated carbocycles. The lowest BCUT2D eigenvalue weighted by Gasteiger charge is -2.37. The van der Waals surface area contributed by atoms with Crippen LogP contribution in [0.5, 0.6) is 5.75 Å². The summed E-state index contributed by atoms with van der Waals surface area (Å²) in [4.78, 5) is 30.4. The number of hydrogen-bond acceptors (Lipinski definition) is 7. The van der Waals surface area contributed by atoms with Crippen LogP contribution in [0.3, 0.4) is 0 Å². The Morgan fingerprint density at radius 2 is 1.32 bits per heavy atom. The molecule has 0 unspecified atom stereocenters. The van der Waals surface area contributed by atoms with E-state index in [1.54, 1.807) is 30.2 Å². The summed E-state index contributed by atoms with van der Waals surface area (Å²) in [7, 11) is -2.55. The van der Waals surface area contributed by atoms with E-state index in [-0.39, 0.29) is 40.6 Å². The predicted molar refractivity (Wildman–Crippen MR) is 129 cm³/mol. The molecule has 2 saturated heterocycles. The predicted octanol–water partition coefficient (Wildman–Crippen LogP) is 2.53. The molecule has 3 aliphatic rings. The molecule has 8 nitrogen and oxygen atoms in total. The molecule has 5 rings (SSSR count). The van der Waals surface area contributed by atoms with Gasteiger partial charge in [0.1, 0.15) is 11.4 Å². The van der Waals surface area contributed by atoms with E-state index in [0.29, 0.717) is 26.2 Å². The molecule has 34 heavy (non-hydrogen) atoms. The Kier molecular flexibility index (Phi) is 5.91. The van der Waals surface area contributed by atoms with Gasteiger partial charge in [0.25, 0.3) is 0 Å². The van der Waals surface area contributed by atoms with Crippen LogP contribution in [-0.2, 0) is 10.0 Å². The normalized spacial score (nSPS) is 19.6. The second-order valence-electron chi connectivity index (χ2n) is 8.66. The fourth-order valence-electron chi connectivity index (χ4n) is 4.92. The van der Waals surface area contributed by atoms with Crippen molar-refractivity contribution in [2.24, 2.45) is 0 Å². The van der Waals surface area contributed by atoms with Crippen molar-refractivity contribution < 1.29 is 22.7 Å². The number of carbonyl (C=O) groups excluding carboxylic acids is 2. The Labute approximate surface area is 199 Å². The van der Waals surface area contributed by atoms with Gasteiger partial charge in [0.2, 0.25) is 21.6 Å². The summed E-state index contributed by atoms with van der Waals surface area (Å²) >= 11 is 0. The van der Waals surface area contributed by atoms with Gasteiger partial charge in [0, 0.05) is 56.1 Å². The van der Waals surface area contributed by atoms with E-state index in [9.17, 15) is 18.0 Å². The first kappa shape index (κ1) is 22.6. The van der Waals surface area contributed by atoms with E-state index in [2.05, 4.69) is 4.90 Å². The fourth-order valence-corrected chi connectivity index (χ4v) is 6.63. The first-order valence-corrected chi connectivity index (χ1v) is 12.9. The minimum absolute atomic E-state index is 0.0405. The van der Waals surface area contributed by atoms with Crippen molar-refractivity contribution in [2.45, 2.75) is 12.8 Å². The molecular weight excluding hydrogens is 454 g/mol. The number of allylic oxidation sites excluding steroid dienone is 2. The van der Waals surface area contributed by atoms with Crippen LogP contribution in [0.1, 0.15) is 33.6 Å². The van der Waals surface area contributed by atoms with Gasteiger partial charge in [0.15, 0.2) is 4.91 Å². The number of likely N-dealkylation sites (tertiary alicyclic amines) is 1. The first-order valence-electron chi connectivity index (χ1n) is 11.5. The van der Waals surface area contributed by atoms with E-state index >= 15 is 0 Å². The van der Waals surface area contributed by atoms with Crippen LogP contribution in [0.4, 0.5) is 5.69 Å². The van der Waals surface area contributed by atoms with E-state index in [1.165, 1.54) is 10.4 Å². The maximum atomic E-state index is 13.8. The molecule has 0 radical (unpaired) electrons. The van der Waals surface area contributed by atoms with Crippen LogP contribution in [0.2, 0.25) is 0 Å². The molecule has 0 atom stereocenters. The summed E-state index contributed by atoms with van der Waals surface area (Å²) in [5, 5.41) is 0. The number of piperazine rings is 1. The van der Waals surface area contributed by atoms with Crippen LogP contribution in [-0.4, -0.2) is 75.6 Å². The molecule has 178 valence electrons. The summed E-state index contributed by atoms with van der Waals surface area (Å²) in [5.74, 6) is -0.214. The molecule has 2 aromatic rings. The van der Waals surface area contributed by atoms with Crippen LogP contribution in [0.25, 0.3) is 0 Å². The van der Waals surface area contributed by atoms with E-state index in [1.807, 2.05) is 24.3 Å². The smallest absolute Gasteiger partial charge is 0.249 e. The highest BCUT2D eigenvalue weighted by Gasteiger charge is 2.44. The summed E-state index contributed by atoms with van der Waals surface area (Å²) in [5.41, 5.74) is 1.45. The maximum Gasteiger partial charge on any atom is 0.249 e. The monoisotopic (exact) mass is 481 g/mol. The van der Waals surface area contributed by atoms with Gasteiger partial charge in [0.05, 0.1) is 7.11 Å². The average molecular weight is 482 g/mol. The van der Waals surface area contributed by atoms with E-state index in [0.717, 1.165) is 24.3 Å². The average Bonchev–Trinajstić information content (AvgIpc) is 3.40. The Balaban J connectivity index is 1.46. The molecular formula is C25H27N3O5S. The number of sulfonamides is 1. The molecule has 0 amide bonds. The number of rotatable bonds is 5. The van der Waals surface area contributed by atoms with Crippen molar-refractivity contribution in [2.75, 3.05) is 51.3 Å². The Bertz CT molecular complexity index is 1260. The van der Waals surface area contributed by atoms with Crippen molar-refractivity contribution in [3.8, 4) is 5.75 Å². The second kappa shape index (κ2) is 8.88. The molecule has 2 aromatic carbocycles. The Hall–Kier alpha value is -3.17. The third-order valence-corrected chi connectivity index (χ3v) is 8.69. The first-order chi connectivity index (χ1) is 16.4. The number of anilines is 1. The minimum Gasteiger partial charge on any atom is -0.497 e. The highest BCUT2D eigenvalue weighted by Crippen LogP contribution is 2.35. The SMILES string of the molecule is COc1ccc(N2CCN(S(=O)(=O)C3=C(N4CCCC4)C(=O)c4ccccc4C3=O)CC2)cc1. The lowest BCUT2D eigenvalue weighted by atomic mass is 9.92. The van der Waals surface area contributed by atoms with Gasteiger partial charge in [-0.15, -0.1) is 0 Å². The quantitative estimate of drug-likeness (QED) is 0.649. The number of ether oxygens (including phenoxy) is 1. The standard InChI is InChI=1S/C25H27N3O5S/c1-33-19-10-8-18(9-11-19)26-14-16-28(17-15-26)34(31,32)25-22(27-12-4-5-13-27)23(29)20-6-2-3-7-21(20)24(25)30/h2-3,6-11H,4-5,12-17H2,1H3. The lowest BCUT2D eigenvalue weighted by Crippen LogP contribution is -2.50.